The number of morpholine rings is 1. The molecule has 1 saturated heterocycles. The number of carbonyl (C=O) groups is 1. The van der Waals surface area contributed by atoms with E-state index in [-0.39, 0.29) is 12.2 Å². The Labute approximate surface area is 152 Å². The first-order valence-electron chi connectivity index (χ1n) is 8.53. The predicted molar refractivity (Wildman–Crippen MR) is 98.7 cm³/mol. The van der Waals surface area contributed by atoms with Crippen LogP contribution in [0.5, 0.6) is 0 Å². The minimum atomic E-state index is -0.272. The number of amides is 1. The molecule has 1 N–H and O–H groups in total. The van der Waals surface area contributed by atoms with Gasteiger partial charge in [0.2, 0.25) is 0 Å². The molecule has 2 aromatic rings. The number of aryl methyl sites for hydroxylation is 1. The maximum atomic E-state index is 12.3. The molecule has 0 bridgehead atoms. The van der Waals surface area contributed by atoms with Crippen LogP contribution in [0.2, 0.25) is 0 Å². The molecule has 0 aliphatic carbocycles. The summed E-state index contributed by atoms with van der Waals surface area (Å²) in [5, 5.41) is 5.53. The Morgan fingerprint density at radius 2 is 2.20 bits per heavy atom. The van der Waals surface area contributed by atoms with Gasteiger partial charge in [-0.15, -0.1) is 11.3 Å². The van der Waals surface area contributed by atoms with E-state index in [1.165, 1.54) is 10.4 Å². The van der Waals surface area contributed by atoms with Gasteiger partial charge in [0.15, 0.2) is 0 Å². The molecule has 0 radical (unpaired) electrons. The minimum absolute atomic E-state index is 0.00158. The number of ether oxygens (including phenoxy) is 2. The van der Waals surface area contributed by atoms with Gasteiger partial charge in [-0.25, -0.2) is 4.79 Å². The lowest BCUT2D eigenvalue weighted by molar-refractivity contribution is -0.0271. The second-order valence-electron chi connectivity index (χ2n) is 6.14. The third-order valence-electron chi connectivity index (χ3n) is 4.23. The van der Waals surface area contributed by atoms with Gasteiger partial charge in [-0.2, -0.15) is 0 Å². The van der Waals surface area contributed by atoms with Crippen LogP contribution in [0.1, 0.15) is 16.0 Å². The van der Waals surface area contributed by atoms with Crippen molar-refractivity contribution in [2.75, 3.05) is 26.2 Å². The van der Waals surface area contributed by atoms with Gasteiger partial charge in [0.25, 0.3) is 0 Å². The van der Waals surface area contributed by atoms with E-state index in [1.807, 2.05) is 30.3 Å². The summed E-state index contributed by atoms with van der Waals surface area (Å²) in [7, 11) is 0. The van der Waals surface area contributed by atoms with Crippen LogP contribution >= 0.6 is 11.3 Å². The molecule has 1 aromatic carbocycles. The summed E-state index contributed by atoms with van der Waals surface area (Å²) in [5.74, 6) is 0. The SMILES string of the molecule is Cc1ccsc1CNCC1CN(C(=O)OCc2ccccc2)CCO1. The van der Waals surface area contributed by atoms with Crippen molar-refractivity contribution in [1.29, 1.82) is 0 Å². The maximum absolute atomic E-state index is 12.3. The van der Waals surface area contributed by atoms with Crippen LogP contribution < -0.4 is 5.32 Å². The van der Waals surface area contributed by atoms with E-state index in [2.05, 4.69) is 23.7 Å². The number of nitrogens with zero attached hydrogens (tertiary/aromatic N) is 1. The molecule has 1 amide bonds. The standard InChI is InChI=1S/C19H24N2O3S/c1-15-7-10-25-18(15)12-20-11-17-13-21(8-9-23-17)19(22)24-14-16-5-3-2-4-6-16/h2-7,10,17,20H,8-9,11-14H2,1H3. The third-order valence-corrected chi connectivity index (χ3v) is 5.25. The molecule has 2 heterocycles. The van der Waals surface area contributed by atoms with E-state index >= 15 is 0 Å². The lowest BCUT2D eigenvalue weighted by Crippen LogP contribution is -2.49. The van der Waals surface area contributed by atoms with E-state index in [9.17, 15) is 4.79 Å². The molecule has 0 spiro atoms. The van der Waals surface area contributed by atoms with Crippen molar-refractivity contribution in [2.24, 2.45) is 0 Å². The number of nitrogens with one attached hydrogen (secondary N) is 1. The van der Waals surface area contributed by atoms with Crippen LogP contribution in [-0.4, -0.2) is 43.3 Å². The van der Waals surface area contributed by atoms with E-state index in [4.69, 9.17) is 9.47 Å². The average Bonchev–Trinajstić information content (AvgIpc) is 3.06. The van der Waals surface area contributed by atoms with Crippen LogP contribution in [0, 0.1) is 6.92 Å². The van der Waals surface area contributed by atoms with Gasteiger partial charge in [-0.05, 0) is 29.5 Å². The molecule has 0 saturated carbocycles. The molecule has 5 nitrogen and oxygen atoms in total. The van der Waals surface area contributed by atoms with Crippen LogP contribution in [0.15, 0.2) is 41.8 Å². The Morgan fingerprint density at radius 1 is 1.36 bits per heavy atom. The number of rotatable bonds is 6. The van der Waals surface area contributed by atoms with Crippen LogP contribution in [0.3, 0.4) is 0 Å². The smallest absolute Gasteiger partial charge is 0.410 e. The highest BCUT2D eigenvalue weighted by atomic mass is 32.1. The lowest BCUT2D eigenvalue weighted by atomic mass is 10.2. The Balaban J connectivity index is 1.41. The van der Waals surface area contributed by atoms with E-state index in [0.29, 0.717) is 26.3 Å². The van der Waals surface area contributed by atoms with Crippen molar-refractivity contribution >= 4 is 17.4 Å². The van der Waals surface area contributed by atoms with Gasteiger partial charge in [0.1, 0.15) is 6.61 Å². The summed E-state index contributed by atoms with van der Waals surface area (Å²) in [6.07, 6.45) is -0.274. The van der Waals surface area contributed by atoms with E-state index < -0.39 is 0 Å². The molecule has 1 aliphatic rings. The fraction of sp³-hybridized carbons (Fsp3) is 0.421. The quantitative estimate of drug-likeness (QED) is 0.860. The summed E-state index contributed by atoms with van der Waals surface area (Å²) in [4.78, 5) is 15.3. The van der Waals surface area contributed by atoms with E-state index in [0.717, 1.165) is 18.7 Å². The molecule has 1 fully saturated rings. The summed E-state index contributed by atoms with van der Waals surface area (Å²) in [6, 6.07) is 11.9. The first kappa shape index (κ1) is 17.9. The second-order valence-corrected chi connectivity index (χ2v) is 7.14. The first-order chi connectivity index (χ1) is 12.2. The molecule has 1 aliphatic heterocycles. The topological polar surface area (TPSA) is 50.8 Å². The van der Waals surface area contributed by atoms with Crippen molar-refractivity contribution in [1.82, 2.24) is 10.2 Å². The zero-order chi connectivity index (χ0) is 17.5. The van der Waals surface area contributed by atoms with Crippen LogP contribution in [-0.2, 0) is 22.6 Å². The Hall–Kier alpha value is -1.89. The molecular formula is C19H24N2O3S. The zero-order valence-electron chi connectivity index (χ0n) is 14.4. The minimum Gasteiger partial charge on any atom is -0.445 e. The normalized spacial score (nSPS) is 17.5. The molecule has 1 aromatic heterocycles. The third kappa shape index (κ3) is 5.29. The number of hydrogen-bond donors (Lipinski definition) is 1. The Bertz CT molecular complexity index is 674. The van der Waals surface area contributed by atoms with Gasteiger partial charge >= 0.3 is 6.09 Å². The fourth-order valence-corrected chi connectivity index (χ4v) is 3.63. The maximum Gasteiger partial charge on any atom is 0.410 e. The van der Waals surface area contributed by atoms with Crippen molar-refractivity contribution in [3.05, 3.63) is 57.8 Å². The molecule has 25 heavy (non-hydrogen) atoms. The monoisotopic (exact) mass is 360 g/mol. The summed E-state index contributed by atoms with van der Waals surface area (Å²) < 4.78 is 11.2. The summed E-state index contributed by atoms with van der Waals surface area (Å²) in [5.41, 5.74) is 2.31. The highest BCUT2D eigenvalue weighted by molar-refractivity contribution is 7.10. The fourth-order valence-electron chi connectivity index (χ4n) is 2.75. The van der Waals surface area contributed by atoms with Crippen molar-refractivity contribution < 1.29 is 14.3 Å². The largest absolute Gasteiger partial charge is 0.445 e. The predicted octanol–water partition coefficient (Wildman–Crippen LogP) is 3.18. The Morgan fingerprint density at radius 3 is 2.96 bits per heavy atom. The van der Waals surface area contributed by atoms with Gasteiger partial charge in [0, 0.05) is 24.5 Å². The zero-order valence-corrected chi connectivity index (χ0v) is 15.3. The number of benzene rings is 1. The molecule has 1 atom stereocenters. The first-order valence-corrected chi connectivity index (χ1v) is 9.41. The number of thiophene rings is 1. The molecular weight excluding hydrogens is 336 g/mol. The Kier molecular flexibility index (Phi) is 6.44. The van der Waals surface area contributed by atoms with Crippen molar-refractivity contribution in [3.63, 3.8) is 0 Å². The molecule has 3 rings (SSSR count). The van der Waals surface area contributed by atoms with Crippen LogP contribution in [0.4, 0.5) is 4.79 Å². The highest BCUT2D eigenvalue weighted by Crippen LogP contribution is 2.15. The van der Waals surface area contributed by atoms with Gasteiger partial charge in [-0.1, -0.05) is 30.3 Å². The van der Waals surface area contributed by atoms with E-state index in [1.54, 1.807) is 16.2 Å². The summed E-state index contributed by atoms with van der Waals surface area (Å²) in [6.45, 7) is 5.66. The van der Waals surface area contributed by atoms with Crippen molar-refractivity contribution in [3.8, 4) is 0 Å². The molecule has 134 valence electrons. The number of carbonyl (C=O) groups excluding carboxylic acids is 1. The van der Waals surface area contributed by atoms with Gasteiger partial charge in [0.05, 0.1) is 19.3 Å². The molecule has 1 unspecified atom stereocenters. The van der Waals surface area contributed by atoms with Crippen LogP contribution in [0.25, 0.3) is 0 Å². The lowest BCUT2D eigenvalue weighted by Gasteiger charge is -2.32. The van der Waals surface area contributed by atoms with Crippen molar-refractivity contribution in [2.45, 2.75) is 26.2 Å². The number of hydrogen-bond acceptors (Lipinski definition) is 5. The summed E-state index contributed by atoms with van der Waals surface area (Å²) >= 11 is 1.76. The van der Waals surface area contributed by atoms with Gasteiger partial charge < -0.3 is 19.7 Å². The average molecular weight is 360 g/mol. The highest BCUT2D eigenvalue weighted by Gasteiger charge is 2.25. The molecule has 6 heteroatoms. The second kappa shape index (κ2) is 8.99. The van der Waals surface area contributed by atoms with Gasteiger partial charge in [-0.3, -0.25) is 0 Å².